The van der Waals surface area contributed by atoms with Crippen LogP contribution in [0.15, 0.2) is 22.1 Å². The highest BCUT2D eigenvalue weighted by atomic mass is 79.9. The molecule has 28 heavy (non-hydrogen) atoms. The van der Waals surface area contributed by atoms with Gasteiger partial charge in [0.25, 0.3) is 0 Å². The quantitative estimate of drug-likeness (QED) is 0.579. The van der Waals surface area contributed by atoms with Crippen LogP contribution in [0.4, 0.5) is 0 Å². The zero-order chi connectivity index (χ0) is 19.7. The summed E-state index contributed by atoms with van der Waals surface area (Å²) >= 11 is 4.90. The molecule has 5 rings (SSSR count). The van der Waals surface area contributed by atoms with E-state index in [2.05, 4.69) is 38.4 Å². The van der Waals surface area contributed by atoms with Crippen molar-refractivity contribution in [1.82, 2.24) is 10.3 Å². The van der Waals surface area contributed by atoms with Gasteiger partial charge in [0.05, 0.1) is 15.4 Å². The molecule has 5 N–H and O–H groups in total. The summed E-state index contributed by atoms with van der Waals surface area (Å²) in [5, 5.41) is 4.03. The lowest BCUT2D eigenvalue weighted by Crippen LogP contribution is -2.63. The minimum Gasteiger partial charge on any atom is -0.369 e. The zero-order valence-electron chi connectivity index (χ0n) is 15.6. The minimum absolute atomic E-state index is 0.0347. The number of nitrogens with one attached hydrogen (secondary N) is 1. The fourth-order valence-electron chi connectivity index (χ4n) is 6.83. The van der Waals surface area contributed by atoms with Gasteiger partial charge in [-0.05, 0) is 78.4 Å². The monoisotopic (exact) mass is 464 g/mol. The van der Waals surface area contributed by atoms with E-state index < -0.39 is 16.7 Å². The van der Waals surface area contributed by atoms with E-state index in [1.807, 2.05) is 0 Å². The number of nitrogens with zero attached hydrogens (tertiary/aromatic N) is 1. The van der Waals surface area contributed by atoms with Crippen molar-refractivity contribution in [2.45, 2.75) is 37.5 Å². The van der Waals surface area contributed by atoms with Gasteiger partial charge in [0.15, 0.2) is 0 Å². The van der Waals surface area contributed by atoms with Crippen molar-refractivity contribution in [3.8, 4) is 0 Å². The topological polar surface area (TPSA) is 111 Å². The third-order valence-corrected chi connectivity index (χ3v) is 9.59. The molecule has 2 bridgehead atoms. The number of primary amides is 2. The summed E-state index contributed by atoms with van der Waals surface area (Å²) in [7, 11) is 0. The predicted octanol–water partition coefficient (Wildman–Crippen LogP) is 2.09. The summed E-state index contributed by atoms with van der Waals surface area (Å²) < 4.78 is 0.833. The first-order valence-corrected chi connectivity index (χ1v) is 11.6. The van der Waals surface area contributed by atoms with E-state index in [0.717, 1.165) is 42.6 Å². The Bertz CT molecular complexity index is 875. The number of carbonyl (C=O) groups excluding carboxylic acids is 2. The Kier molecular flexibility index (Phi) is 4.10. The van der Waals surface area contributed by atoms with Gasteiger partial charge in [0.2, 0.25) is 11.8 Å². The molecular weight excluding hydrogens is 440 g/mol. The summed E-state index contributed by atoms with van der Waals surface area (Å²) in [4.78, 5) is 31.2. The Morgan fingerprint density at radius 2 is 1.86 bits per heavy atom. The standard InChI is InChI=1S/C20H25BrN4O2S/c21-14-10-25-17(28-14)20(16(23)27)13-2-1-12(18(13)5-6-18)19(20,15(22)26)9-11-3-7-24-8-4-11/h1-2,10-13,24H,3-9H2,(H2,22,26)(H2,23,27)/t12-,13+,19+,20-/m1/s1. The van der Waals surface area contributed by atoms with Crippen molar-refractivity contribution in [2.24, 2.45) is 40.1 Å². The Morgan fingerprint density at radius 1 is 1.18 bits per heavy atom. The molecule has 1 aliphatic heterocycles. The highest BCUT2D eigenvalue weighted by molar-refractivity contribution is 9.11. The Balaban J connectivity index is 1.75. The third kappa shape index (κ3) is 2.09. The summed E-state index contributed by atoms with van der Waals surface area (Å²) in [6, 6.07) is 0. The van der Waals surface area contributed by atoms with Gasteiger partial charge in [-0.25, -0.2) is 4.98 Å². The van der Waals surface area contributed by atoms with Crippen molar-refractivity contribution < 1.29 is 9.59 Å². The van der Waals surface area contributed by atoms with E-state index in [1.54, 1.807) is 6.20 Å². The molecular formula is C20H25BrN4O2S. The van der Waals surface area contributed by atoms with Gasteiger partial charge in [-0.2, -0.15) is 0 Å². The fourth-order valence-corrected chi connectivity index (χ4v) is 8.36. The van der Waals surface area contributed by atoms with E-state index in [1.165, 1.54) is 11.3 Å². The first-order chi connectivity index (χ1) is 13.4. The molecule has 2 amide bonds. The first-order valence-electron chi connectivity index (χ1n) is 10.0. The van der Waals surface area contributed by atoms with Crippen LogP contribution in [-0.4, -0.2) is 29.9 Å². The molecule has 2 saturated carbocycles. The van der Waals surface area contributed by atoms with E-state index in [-0.39, 0.29) is 23.2 Å². The van der Waals surface area contributed by atoms with E-state index in [0.29, 0.717) is 17.3 Å². The molecule has 8 heteroatoms. The fraction of sp³-hybridized carbons (Fsp3) is 0.650. The number of allylic oxidation sites excluding steroid dienone is 2. The summed E-state index contributed by atoms with van der Waals surface area (Å²) in [5.41, 5.74) is 10.2. The van der Waals surface area contributed by atoms with Crippen molar-refractivity contribution in [2.75, 3.05) is 13.1 Å². The van der Waals surface area contributed by atoms with Crippen LogP contribution in [0.3, 0.4) is 0 Å². The number of piperidine rings is 1. The number of thiazole rings is 1. The molecule has 1 aromatic rings. The number of aromatic nitrogens is 1. The lowest BCUT2D eigenvalue weighted by molar-refractivity contribution is -0.145. The molecule has 4 aliphatic rings. The molecule has 3 aliphatic carbocycles. The van der Waals surface area contributed by atoms with Gasteiger partial charge in [-0.1, -0.05) is 12.2 Å². The number of hydrogen-bond acceptors (Lipinski definition) is 5. The molecule has 1 aromatic heterocycles. The lowest BCUT2D eigenvalue weighted by Gasteiger charge is -2.48. The maximum absolute atomic E-state index is 13.3. The van der Waals surface area contributed by atoms with Gasteiger partial charge in [0.1, 0.15) is 10.4 Å². The van der Waals surface area contributed by atoms with Crippen LogP contribution >= 0.6 is 27.3 Å². The molecule has 3 fully saturated rings. The highest BCUT2D eigenvalue weighted by Gasteiger charge is 2.83. The van der Waals surface area contributed by atoms with Crippen LogP contribution in [0.2, 0.25) is 0 Å². The molecule has 2 heterocycles. The molecule has 0 aromatic carbocycles. The number of halogens is 1. The molecule has 4 atom stereocenters. The average Bonchev–Trinajstić information content (AvgIpc) is 3.13. The van der Waals surface area contributed by atoms with Crippen molar-refractivity contribution in [3.05, 3.63) is 27.1 Å². The van der Waals surface area contributed by atoms with Crippen LogP contribution in [0.5, 0.6) is 0 Å². The summed E-state index contributed by atoms with van der Waals surface area (Å²) in [6.07, 6.45) is 10.6. The third-order valence-electron chi connectivity index (χ3n) is 7.98. The normalized spacial score (nSPS) is 38.2. The molecule has 1 saturated heterocycles. The van der Waals surface area contributed by atoms with Gasteiger partial charge < -0.3 is 16.8 Å². The van der Waals surface area contributed by atoms with Crippen molar-refractivity contribution >= 4 is 39.1 Å². The zero-order valence-corrected chi connectivity index (χ0v) is 18.0. The number of carbonyl (C=O) groups is 2. The summed E-state index contributed by atoms with van der Waals surface area (Å²) in [6.45, 7) is 1.86. The smallest absolute Gasteiger partial charge is 0.232 e. The Morgan fingerprint density at radius 3 is 2.39 bits per heavy atom. The number of rotatable bonds is 5. The average molecular weight is 465 g/mol. The van der Waals surface area contributed by atoms with E-state index >= 15 is 0 Å². The second kappa shape index (κ2) is 6.12. The Labute approximate surface area is 176 Å². The second-order valence-corrected chi connectivity index (χ2v) is 11.4. The molecule has 150 valence electrons. The second-order valence-electron chi connectivity index (χ2n) is 8.95. The minimum atomic E-state index is -1.16. The highest BCUT2D eigenvalue weighted by Crippen LogP contribution is 2.81. The van der Waals surface area contributed by atoms with Gasteiger partial charge in [0, 0.05) is 5.92 Å². The summed E-state index contributed by atoms with van der Waals surface area (Å²) in [5.74, 6) is -0.633. The first kappa shape index (κ1) is 18.8. The number of amides is 2. The molecule has 0 radical (unpaired) electrons. The predicted molar refractivity (Wildman–Crippen MR) is 110 cm³/mol. The van der Waals surface area contributed by atoms with Crippen LogP contribution in [0.25, 0.3) is 0 Å². The SMILES string of the molecule is NC(=O)[C@]1(CC2CCNCC2)[C@@H]2C=C[C@@H](C23CC3)[C@@]1(C(N)=O)c1ncc(Br)s1. The Hall–Kier alpha value is -1.25. The number of nitrogens with two attached hydrogens (primary N) is 2. The molecule has 0 unspecified atom stereocenters. The van der Waals surface area contributed by atoms with Gasteiger partial charge in [-0.3, -0.25) is 9.59 Å². The largest absolute Gasteiger partial charge is 0.369 e. The number of hydrogen-bond donors (Lipinski definition) is 3. The maximum Gasteiger partial charge on any atom is 0.232 e. The molecule has 1 spiro atoms. The van der Waals surface area contributed by atoms with Crippen LogP contribution < -0.4 is 16.8 Å². The van der Waals surface area contributed by atoms with Crippen LogP contribution in [0, 0.1) is 28.6 Å². The van der Waals surface area contributed by atoms with Crippen molar-refractivity contribution in [3.63, 3.8) is 0 Å². The molecule has 6 nitrogen and oxygen atoms in total. The van der Waals surface area contributed by atoms with Gasteiger partial charge >= 0.3 is 0 Å². The lowest BCUT2D eigenvalue weighted by atomic mass is 9.53. The van der Waals surface area contributed by atoms with E-state index in [4.69, 9.17) is 11.5 Å². The van der Waals surface area contributed by atoms with Gasteiger partial charge in [-0.15, -0.1) is 11.3 Å². The van der Waals surface area contributed by atoms with E-state index in [9.17, 15) is 9.59 Å². The maximum atomic E-state index is 13.3. The van der Waals surface area contributed by atoms with Crippen LogP contribution in [-0.2, 0) is 15.0 Å². The van der Waals surface area contributed by atoms with Crippen molar-refractivity contribution in [1.29, 1.82) is 0 Å². The van der Waals surface area contributed by atoms with Crippen LogP contribution in [0.1, 0.15) is 37.1 Å².